The van der Waals surface area contributed by atoms with Crippen molar-refractivity contribution in [3.05, 3.63) is 28.5 Å². The number of hydrogen-bond donors (Lipinski definition) is 0. The van der Waals surface area contributed by atoms with Gasteiger partial charge in [0.05, 0.1) is 0 Å². The SMILES string of the molecule is Clc1ccc2c(n1)CCCCCC2. The van der Waals surface area contributed by atoms with Crippen LogP contribution in [0, 0.1) is 0 Å². The molecule has 0 bridgehead atoms. The molecule has 70 valence electrons. The summed E-state index contributed by atoms with van der Waals surface area (Å²) < 4.78 is 0. The molecular formula is C11H14ClN. The number of nitrogens with zero attached hydrogens (tertiary/aromatic N) is 1. The summed E-state index contributed by atoms with van der Waals surface area (Å²) in [7, 11) is 0. The van der Waals surface area contributed by atoms with Gasteiger partial charge in [0.2, 0.25) is 0 Å². The van der Waals surface area contributed by atoms with E-state index in [4.69, 9.17) is 11.6 Å². The topological polar surface area (TPSA) is 12.9 Å². The van der Waals surface area contributed by atoms with E-state index in [1.54, 1.807) is 0 Å². The Morgan fingerprint density at radius 3 is 2.62 bits per heavy atom. The number of aryl methyl sites for hydroxylation is 2. The second-order valence-electron chi connectivity index (χ2n) is 3.65. The smallest absolute Gasteiger partial charge is 0.129 e. The third kappa shape index (κ3) is 2.22. The van der Waals surface area contributed by atoms with Crippen LogP contribution in [0.25, 0.3) is 0 Å². The molecule has 1 heterocycles. The van der Waals surface area contributed by atoms with Crippen molar-refractivity contribution in [3.63, 3.8) is 0 Å². The van der Waals surface area contributed by atoms with Crippen LogP contribution in [0.1, 0.15) is 36.9 Å². The molecular weight excluding hydrogens is 182 g/mol. The predicted octanol–water partition coefficient (Wildman–Crippen LogP) is 3.39. The molecule has 2 heteroatoms. The van der Waals surface area contributed by atoms with E-state index in [0.717, 1.165) is 6.42 Å². The molecule has 0 N–H and O–H groups in total. The first-order valence-corrected chi connectivity index (χ1v) is 5.38. The summed E-state index contributed by atoms with van der Waals surface area (Å²) in [5, 5.41) is 0.638. The molecule has 1 nitrogen and oxygen atoms in total. The zero-order chi connectivity index (χ0) is 9.10. The highest BCUT2D eigenvalue weighted by Gasteiger charge is 2.07. The number of fused-ring (bicyclic) bond motifs is 1. The van der Waals surface area contributed by atoms with Gasteiger partial charge in [0.25, 0.3) is 0 Å². The van der Waals surface area contributed by atoms with Gasteiger partial charge >= 0.3 is 0 Å². The van der Waals surface area contributed by atoms with Gasteiger partial charge in [-0.1, -0.05) is 30.5 Å². The van der Waals surface area contributed by atoms with Crippen LogP contribution in [-0.4, -0.2) is 4.98 Å². The lowest BCUT2D eigenvalue weighted by atomic mass is 9.97. The maximum atomic E-state index is 5.86. The first-order valence-electron chi connectivity index (χ1n) is 5.00. The van der Waals surface area contributed by atoms with E-state index < -0.39 is 0 Å². The van der Waals surface area contributed by atoms with E-state index in [-0.39, 0.29) is 0 Å². The summed E-state index contributed by atoms with van der Waals surface area (Å²) >= 11 is 5.86. The van der Waals surface area contributed by atoms with Crippen LogP contribution in [0.3, 0.4) is 0 Å². The van der Waals surface area contributed by atoms with Gasteiger partial charge in [0.1, 0.15) is 5.15 Å². The molecule has 1 aliphatic rings. The van der Waals surface area contributed by atoms with Crippen molar-refractivity contribution in [1.82, 2.24) is 4.98 Å². The van der Waals surface area contributed by atoms with Gasteiger partial charge in [0, 0.05) is 5.69 Å². The summed E-state index contributed by atoms with van der Waals surface area (Å²) in [6, 6.07) is 4.04. The predicted molar refractivity (Wildman–Crippen MR) is 55.1 cm³/mol. The third-order valence-electron chi connectivity index (χ3n) is 2.64. The minimum Gasteiger partial charge on any atom is -0.241 e. The van der Waals surface area contributed by atoms with Crippen LogP contribution >= 0.6 is 11.6 Å². The van der Waals surface area contributed by atoms with Gasteiger partial charge in [-0.3, -0.25) is 0 Å². The molecule has 1 aromatic heterocycles. The Morgan fingerprint density at radius 1 is 1.00 bits per heavy atom. The van der Waals surface area contributed by atoms with E-state index in [1.807, 2.05) is 6.07 Å². The van der Waals surface area contributed by atoms with Crippen LogP contribution in [0.2, 0.25) is 5.15 Å². The maximum Gasteiger partial charge on any atom is 0.129 e. The summed E-state index contributed by atoms with van der Waals surface area (Å²) in [5.74, 6) is 0. The van der Waals surface area contributed by atoms with Crippen LogP contribution in [0.5, 0.6) is 0 Å². The first-order chi connectivity index (χ1) is 6.36. The number of rotatable bonds is 0. The fraction of sp³-hybridized carbons (Fsp3) is 0.545. The molecule has 0 amide bonds. The zero-order valence-electron chi connectivity index (χ0n) is 7.72. The van der Waals surface area contributed by atoms with Crippen molar-refractivity contribution in [2.24, 2.45) is 0 Å². The average Bonchev–Trinajstić information content (AvgIpc) is 2.08. The summed E-state index contributed by atoms with van der Waals surface area (Å²) in [4.78, 5) is 4.38. The lowest BCUT2D eigenvalue weighted by Gasteiger charge is -2.12. The summed E-state index contributed by atoms with van der Waals surface area (Å²) in [6.07, 6.45) is 7.56. The number of pyridine rings is 1. The summed E-state index contributed by atoms with van der Waals surface area (Å²) in [6.45, 7) is 0. The van der Waals surface area contributed by atoms with Gasteiger partial charge in [-0.15, -0.1) is 0 Å². The Kier molecular flexibility index (Phi) is 2.84. The average molecular weight is 196 g/mol. The van der Waals surface area contributed by atoms with Gasteiger partial charge in [0.15, 0.2) is 0 Å². The van der Waals surface area contributed by atoms with Crippen molar-refractivity contribution in [3.8, 4) is 0 Å². The molecule has 0 saturated heterocycles. The van der Waals surface area contributed by atoms with Crippen LogP contribution in [0.4, 0.5) is 0 Å². The Hall–Kier alpha value is -0.560. The highest BCUT2D eigenvalue weighted by Crippen LogP contribution is 2.20. The van der Waals surface area contributed by atoms with E-state index in [0.29, 0.717) is 5.15 Å². The van der Waals surface area contributed by atoms with E-state index in [9.17, 15) is 0 Å². The number of halogens is 1. The summed E-state index contributed by atoms with van der Waals surface area (Å²) in [5.41, 5.74) is 2.64. The second-order valence-corrected chi connectivity index (χ2v) is 4.04. The van der Waals surface area contributed by atoms with E-state index in [1.165, 1.54) is 43.4 Å². The highest BCUT2D eigenvalue weighted by atomic mass is 35.5. The van der Waals surface area contributed by atoms with Crippen molar-refractivity contribution < 1.29 is 0 Å². The largest absolute Gasteiger partial charge is 0.241 e. The molecule has 1 aromatic rings. The fourth-order valence-electron chi connectivity index (χ4n) is 1.91. The molecule has 0 unspecified atom stereocenters. The maximum absolute atomic E-state index is 5.86. The van der Waals surface area contributed by atoms with Crippen molar-refractivity contribution in [2.45, 2.75) is 38.5 Å². The molecule has 0 saturated carbocycles. The van der Waals surface area contributed by atoms with Crippen molar-refractivity contribution in [1.29, 1.82) is 0 Å². The van der Waals surface area contributed by atoms with Crippen molar-refractivity contribution in [2.75, 3.05) is 0 Å². The van der Waals surface area contributed by atoms with Crippen LogP contribution in [0.15, 0.2) is 12.1 Å². The molecule has 0 aromatic carbocycles. The molecule has 13 heavy (non-hydrogen) atoms. The highest BCUT2D eigenvalue weighted by molar-refractivity contribution is 6.29. The minimum absolute atomic E-state index is 0.638. The Bertz CT molecular complexity index is 296. The molecule has 0 fully saturated rings. The molecule has 0 atom stereocenters. The second kappa shape index (κ2) is 4.10. The normalized spacial score (nSPS) is 17.3. The van der Waals surface area contributed by atoms with Gasteiger partial charge < -0.3 is 0 Å². The molecule has 2 rings (SSSR count). The Morgan fingerprint density at radius 2 is 1.77 bits per heavy atom. The fourth-order valence-corrected chi connectivity index (χ4v) is 2.07. The van der Waals surface area contributed by atoms with Gasteiger partial charge in [-0.05, 0) is 37.3 Å². The molecule has 0 radical (unpaired) electrons. The van der Waals surface area contributed by atoms with Crippen molar-refractivity contribution >= 4 is 11.6 Å². The van der Waals surface area contributed by atoms with Gasteiger partial charge in [-0.2, -0.15) is 0 Å². The first kappa shape index (κ1) is 9.01. The van der Waals surface area contributed by atoms with Gasteiger partial charge in [-0.25, -0.2) is 4.98 Å². The minimum atomic E-state index is 0.638. The van der Waals surface area contributed by atoms with E-state index >= 15 is 0 Å². The quantitative estimate of drug-likeness (QED) is 0.579. The zero-order valence-corrected chi connectivity index (χ0v) is 8.48. The monoisotopic (exact) mass is 195 g/mol. The van der Waals surface area contributed by atoms with E-state index in [2.05, 4.69) is 11.1 Å². The Labute approximate surface area is 84.1 Å². The van der Waals surface area contributed by atoms with Crippen LogP contribution < -0.4 is 0 Å². The molecule has 0 aliphatic heterocycles. The standard InChI is InChI=1S/C11H14ClN/c12-11-8-7-9-5-3-1-2-4-6-10(9)13-11/h7-8H,1-6H2. The molecule has 0 spiro atoms. The van der Waals surface area contributed by atoms with Crippen LogP contribution in [-0.2, 0) is 12.8 Å². The number of hydrogen-bond acceptors (Lipinski definition) is 1. The third-order valence-corrected chi connectivity index (χ3v) is 2.85. The molecule has 1 aliphatic carbocycles. The lowest BCUT2D eigenvalue weighted by molar-refractivity contribution is 0.609. The Balaban J connectivity index is 2.28. The number of aromatic nitrogens is 1. The lowest BCUT2D eigenvalue weighted by Crippen LogP contribution is -2.02.